The number of rotatable bonds is 4. The van der Waals surface area contributed by atoms with E-state index >= 15 is 0 Å². The van der Waals surface area contributed by atoms with Crippen molar-refractivity contribution in [3.63, 3.8) is 0 Å². The Morgan fingerprint density at radius 1 is 1.39 bits per heavy atom. The number of piperazine rings is 1. The predicted octanol–water partition coefficient (Wildman–Crippen LogP) is 0.160. The van der Waals surface area contributed by atoms with Crippen molar-refractivity contribution in [2.24, 2.45) is 0 Å². The zero-order valence-electron chi connectivity index (χ0n) is 13.8. The summed E-state index contributed by atoms with van der Waals surface area (Å²) in [6, 6.07) is -0.0995. The number of aromatic nitrogens is 3. The summed E-state index contributed by atoms with van der Waals surface area (Å²) in [5, 5.41) is 7.46. The van der Waals surface area contributed by atoms with Crippen LogP contribution in [0.5, 0.6) is 0 Å². The van der Waals surface area contributed by atoms with Gasteiger partial charge in [0.15, 0.2) is 5.82 Å². The molecule has 2 aliphatic rings. The Labute approximate surface area is 136 Å². The van der Waals surface area contributed by atoms with E-state index in [-0.39, 0.29) is 18.6 Å². The van der Waals surface area contributed by atoms with Crippen LogP contribution in [0.15, 0.2) is 0 Å². The number of amides is 1. The fraction of sp³-hybridized carbons (Fsp3) is 0.800. The summed E-state index contributed by atoms with van der Waals surface area (Å²) < 4.78 is 10.4. The molecule has 23 heavy (non-hydrogen) atoms. The molecule has 1 atom stereocenters. The van der Waals surface area contributed by atoms with Gasteiger partial charge in [0.25, 0.3) is 0 Å². The Morgan fingerprint density at radius 2 is 2.17 bits per heavy atom. The van der Waals surface area contributed by atoms with Crippen LogP contribution in [-0.2, 0) is 14.3 Å². The first-order valence-electron chi connectivity index (χ1n) is 8.16. The molecular weight excluding hydrogens is 298 g/mol. The molecule has 8 nitrogen and oxygen atoms in total. The number of aromatic amines is 1. The first-order valence-corrected chi connectivity index (χ1v) is 8.16. The SMILES string of the molecule is COCC(=O)N1CCN(C)CC1c1nc(C2CCOCC2)n[nH]1. The van der Waals surface area contributed by atoms with Crippen molar-refractivity contribution in [3.05, 3.63) is 11.6 Å². The highest BCUT2D eigenvalue weighted by Gasteiger charge is 2.33. The van der Waals surface area contributed by atoms with Crippen LogP contribution in [0.1, 0.15) is 36.5 Å². The van der Waals surface area contributed by atoms with Crippen molar-refractivity contribution >= 4 is 5.91 Å². The summed E-state index contributed by atoms with van der Waals surface area (Å²) in [7, 11) is 3.60. The van der Waals surface area contributed by atoms with E-state index in [0.717, 1.165) is 50.8 Å². The number of nitrogens with one attached hydrogen (secondary N) is 1. The van der Waals surface area contributed by atoms with Gasteiger partial charge in [-0.3, -0.25) is 9.89 Å². The first kappa shape index (κ1) is 16.4. The number of H-pyrrole nitrogens is 1. The van der Waals surface area contributed by atoms with E-state index in [1.165, 1.54) is 0 Å². The molecule has 0 aliphatic carbocycles. The Kier molecular flexibility index (Phi) is 5.24. The molecule has 2 saturated heterocycles. The van der Waals surface area contributed by atoms with Gasteiger partial charge in [0, 0.05) is 45.9 Å². The lowest BCUT2D eigenvalue weighted by Crippen LogP contribution is -2.50. The average Bonchev–Trinajstić information content (AvgIpc) is 3.05. The Hall–Kier alpha value is -1.51. The molecule has 0 aromatic carbocycles. The van der Waals surface area contributed by atoms with Crippen LogP contribution >= 0.6 is 0 Å². The summed E-state index contributed by atoms with van der Waals surface area (Å²) >= 11 is 0. The van der Waals surface area contributed by atoms with Gasteiger partial charge in [-0.2, -0.15) is 5.10 Å². The highest BCUT2D eigenvalue weighted by atomic mass is 16.5. The molecule has 8 heteroatoms. The molecule has 0 bridgehead atoms. The Bertz CT molecular complexity index is 529. The number of nitrogens with zero attached hydrogens (tertiary/aromatic N) is 4. The molecule has 0 spiro atoms. The van der Waals surface area contributed by atoms with Gasteiger partial charge >= 0.3 is 0 Å². The number of methoxy groups -OCH3 is 1. The predicted molar refractivity (Wildman–Crippen MR) is 83.0 cm³/mol. The molecule has 0 radical (unpaired) electrons. The van der Waals surface area contributed by atoms with Gasteiger partial charge in [0.2, 0.25) is 5.91 Å². The molecule has 2 fully saturated rings. The van der Waals surface area contributed by atoms with Crippen molar-refractivity contribution in [2.75, 3.05) is 53.6 Å². The summed E-state index contributed by atoms with van der Waals surface area (Å²) in [4.78, 5) is 21.1. The number of ether oxygens (including phenoxy) is 2. The lowest BCUT2D eigenvalue weighted by Gasteiger charge is -2.38. The summed E-state index contributed by atoms with van der Waals surface area (Å²) in [5.41, 5.74) is 0. The van der Waals surface area contributed by atoms with E-state index in [9.17, 15) is 4.79 Å². The standard InChI is InChI=1S/C15H25N5O3/c1-19-5-6-20(13(21)10-22-2)12(9-19)15-16-14(17-18-15)11-3-7-23-8-4-11/h11-12H,3-10H2,1-2H3,(H,16,17,18). The minimum atomic E-state index is -0.0995. The van der Waals surface area contributed by atoms with Crippen molar-refractivity contribution in [1.82, 2.24) is 25.0 Å². The third-order valence-electron chi connectivity index (χ3n) is 4.59. The molecule has 3 rings (SSSR count). The maximum atomic E-state index is 12.3. The third kappa shape index (κ3) is 3.70. The van der Waals surface area contributed by atoms with Gasteiger partial charge in [-0.1, -0.05) is 0 Å². The number of likely N-dealkylation sites (N-methyl/N-ethyl adjacent to an activating group) is 1. The van der Waals surface area contributed by atoms with Gasteiger partial charge < -0.3 is 19.3 Å². The van der Waals surface area contributed by atoms with Gasteiger partial charge in [-0.25, -0.2) is 4.98 Å². The Balaban J connectivity index is 1.76. The van der Waals surface area contributed by atoms with E-state index in [0.29, 0.717) is 12.5 Å². The van der Waals surface area contributed by atoms with E-state index in [4.69, 9.17) is 14.5 Å². The number of carbonyl (C=O) groups excluding carboxylic acids is 1. The third-order valence-corrected chi connectivity index (χ3v) is 4.59. The molecule has 0 saturated carbocycles. The van der Waals surface area contributed by atoms with Crippen molar-refractivity contribution in [2.45, 2.75) is 24.8 Å². The molecule has 1 aromatic rings. The zero-order valence-corrected chi connectivity index (χ0v) is 13.8. The maximum absolute atomic E-state index is 12.3. The van der Waals surface area contributed by atoms with E-state index in [2.05, 4.69) is 22.1 Å². The molecule has 1 unspecified atom stereocenters. The molecule has 3 heterocycles. The average molecular weight is 323 g/mol. The summed E-state index contributed by atoms with van der Waals surface area (Å²) in [6.07, 6.45) is 1.91. The van der Waals surface area contributed by atoms with Crippen LogP contribution < -0.4 is 0 Å². The van der Waals surface area contributed by atoms with Crippen LogP contribution in [0, 0.1) is 0 Å². The van der Waals surface area contributed by atoms with Crippen LogP contribution in [0.2, 0.25) is 0 Å². The molecule has 128 valence electrons. The minimum Gasteiger partial charge on any atom is -0.381 e. The Morgan fingerprint density at radius 3 is 2.91 bits per heavy atom. The van der Waals surface area contributed by atoms with Crippen molar-refractivity contribution < 1.29 is 14.3 Å². The smallest absolute Gasteiger partial charge is 0.249 e. The van der Waals surface area contributed by atoms with Gasteiger partial charge in [-0.15, -0.1) is 0 Å². The van der Waals surface area contributed by atoms with Gasteiger partial charge in [0.1, 0.15) is 18.5 Å². The van der Waals surface area contributed by atoms with Crippen LogP contribution in [0.3, 0.4) is 0 Å². The first-order chi connectivity index (χ1) is 11.2. The normalized spacial score (nSPS) is 24.1. The topological polar surface area (TPSA) is 83.6 Å². The second kappa shape index (κ2) is 7.37. The van der Waals surface area contributed by atoms with Crippen molar-refractivity contribution in [3.8, 4) is 0 Å². The fourth-order valence-corrected chi connectivity index (χ4v) is 3.23. The van der Waals surface area contributed by atoms with Gasteiger partial charge in [0.05, 0.1) is 0 Å². The number of hydrogen-bond donors (Lipinski definition) is 1. The highest BCUT2D eigenvalue weighted by Crippen LogP contribution is 2.27. The molecule has 1 amide bonds. The van der Waals surface area contributed by atoms with Crippen LogP contribution in [-0.4, -0.2) is 84.5 Å². The van der Waals surface area contributed by atoms with Crippen LogP contribution in [0.25, 0.3) is 0 Å². The zero-order chi connectivity index (χ0) is 16.2. The van der Waals surface area contributed by atoms with Crippen molar-refractivity contribution in [1.29, 1.82) is 0 Å². The molecular formula is C15H25N5O3. The largest absolute Gasteiger partial charge is 0.381 e. The second-order valence-corrected chi connectivity index (χ2v) is 6.26. The van der Waals surface area contributed by atoms with E-state index < -0.39 is 0 Å². The lowest BCUT2D eigenvalue weighted by atomic mass is 10.00. The van der Waals surface area contributed by atoms with Gasteiger partial charge in [-0.05, 0) is 19.9 Å². The molecule has 1 aromatic heterocycles. The monoisotopic (exact) mass is 323 g/mol. The fourth-order valence-electron chi connectivity index (χ4n) is 3.23. The summed E-state index contributed by atoms with van der Waals surface area (Å²) in [5.74, 6) is 1.95. The van der Waals surface area contributed by atoms with Crippen LogP contribution in [0.4, 0.5) is 0 Å². The lowest BCUT2D eigenvalue weighted by molar-refractivity contribution is -0.140. The highest BCUT2D eigenvalue weighted by molar-refractivity contribution is 5.78. The quantitative estimate of drug-likeness (QED) is 0.850. The second-order valence-electron chi connectivity index (χ2n) is 6.26. The number of hydrogen-bond acceptors (Lipinski definition) is 6. The molecule has 1 N–H and O–H groups in total. The minimum absolute atomic E-state index is 0.00498. The van der Waals surface area contributed by atoms with E-state index in [1.807, 2.05) is 4.90 Å². The summed E-state index contributed by atoms with van der Waals surface area (Å²) in [6.45, 7) is 3.90. The maximum Gasteiger partial charge on any atom is 0.249 e. The molecule has 2 aliphatic heterocycles. The van der Waals surface area contributed by atoms with E-state index in [1.54, 1.807) is 7.11 Å². The number of carbonyl (C=O) groups is 1.